The zero-order valence-corrected chi connectivity index (χ0v) is 13.5. The molecule has 0 aliphatic heterocycles. The molecule has 5 nitrogen and oxygen atoms in total. The lowest BCUT2D eigenvalue weighted by Crippen LogP contribution is -2.13. The summed E-state index contributed by atoms with van der Waals surface area (Å²) in [6.45, 7) is 4.04. The minimum Gasteiger partial charge on any atom is -0.493 e. The van der Waals surface area contributed by atoms with Crippen LogP contribution in [0.4, 0.5) is 5.69 Å². The van der Waals surface area contributed by atoms with Gasteiger partial charge in [0.15, 0.2) is 0 Å². The quantitative estimate of drug-likeness (QED) is 0.742. The van der Waals surface area contributed by atoms with E-state index >= 15 is 0 Å². The van der Waals surface area contributed by atoms with E-state index in [4.69, 9.17) is 9.15 Å². The molecule has 1 heterocycles. The standard InChI is InChI=1S/C19H17NO4/c1-3-23-17-7-5-4-6-15(17)18(21)20-14-8-9-16-13(11-14)10-12(2)19(22)24-16/h4-11H,3H2,1-2H3,(H,20,21). The van der Waals surface area contributed by atoms with E-state index in [0.717, 1.165) is 5.39 Å². The summed E-state index contributed by atoms with van der Waals surface area (Å²) in [5.41, 5.74) is 1.73. The van der Waals surface area contributed by atoms with Crippen LogP contribution in [-0.2, 0) is 0 Å². The van der Waals surface area contributed by atoms with Crippen molar-refractivity contribution in [2.24, 2.45) is 0 Å². The van der Waals surface area contributed by atoms with Crippen LogP contribution >= 0.6 is 0 Å². The molecule has 3 aromatic rings. The van der Waals surface area contributed by atoms with Crippen LogP contribution in [-0.4, -0.2) is 12.5 Å². The van der Waals surface area contributed by atoms with Crippen molar-refractivity contribution in [2.45, 2.75) is 13.8 Å². The van der Waals surface area contributed by atoms with Gasteiger partial charge in [-0.2, -0.15) is 0 Å². The fraction of sp³-hybridized carbons (Fsp3) is 0.158. The van der Waals surface area contributed by atoms with Crippen molar-refractivity contribution in [3.63, 3.8) is 0 Å². The third-order valence-corrected chi connectivity index (χ3v) is 3.60. The number of carbonyl (C=O) groups excluding carboxylic acids is 1. The molecule has 1 aromatic heterocycles. The van der Waals surface area contributed by atoms with E-state index in [9.17, 15) is 9.59 Å². The van der Waals surface area contributed by atoms with E-state index < -0.39 is 0 Å². The minimum absolute atomic E-state index is 0.257. The zero-order valence-electron chi connectivity index (χ0n) is 13.5. The number of amides is 1. The molecule has 0 radical (unpaired) electrons. The fourth-order valence-corrected chi connectivity index (χ4v) is 2.44. The Morgan fingerprint density at radius 1 is 1.17 bits per heavy atom. The predicted octanol–water partition coefficient (Wildman–Crippen LogP) is 3.75. The second-order valence-corrected chi connectivity index (χ2v) is 5.35. The molecule has 0 atom stereocenters. The zero-order chi connectivity index (χ0) is 17.1. The summed E-state index contributed by atoms with van der Waals surface area (Å²) >= 11 is 0. The van der Waals surface area contributed by atoms with E-state index in [1.54, 1.807) is 49.4 Å². The van der Waals surface area contributed by atoms with Gasteiger partial charge >= 0.3 is 5.63 Å². The molecule has 0 saturated carbocycles. The third-order valence-electron chi connectivity index (χ3n) is 3.60. The maximum Gasteiger partial charge on any atom is 0.339 e. The van der Waals surface area contributed by atoms with Gasteiger partial charge in [-0.25, -0.2) is 4.79 Å². The Bertz CT molecular complexity index is 959. The summed E-state index contributed by atoms with van der Waals surface area (Å²) in [4.78, 5) is 24.0. The van der Waals surface area contributed by atoms with Crippen LogP contribution in [0.5, 0.6) is 5.75 Å². The molecule has 24 heavy (non-hydrogen) atoms. The minimum atomic E-state index is -0.357. The second-order valence-electron chi connectivity index (χ2n) is 5.35. The lowest BCUT2D eigenvalue weighted by atomic mass is 10.1. The highest BCUT2D eigenvalue weighted by Crippen LogP contribution is 2.22. The van der Waals surface area contributed by atoms with Crippen molar-refractivity contribution >= 4 is 22.6 Å². The van der Waals surface area contributed by atoms with Gasteiger partial charge in [-0.05, 0) is 50.2 Å². The van der Waals surface area contributed by atoms with E-state index in [-0.39, 0.29) is 11.5 Å². The van der Waals surface area contributed by atoms with Crippen molar-refractivity contribution in [3.8, 4) is 5.75 Å². The molecule has 0 spiro atoms. The van der Waals surface area contributed by atoms with Crippen LogP contribution in [0.25, 0.3) is 11.0 Å². The first-order valence-corrected chi connectivity index (χ1v) is 7.66. The predicted molar refractivity (Wildman–Crippen MR) is 92.8 cm³/mol. The molecule has 3 rings (SSSR count). The van der Waals surface area contributed by atoms with Gasteiger partial charge in [0.2, 0.25) is 0 Å². The Labute approximate surface area is 138 Å². The van der Waals surface area contributed by atoms with Crippen molar-refractivity contribution < 1.29 is 13.9 Å². The number of hydrogen-bond acceptors (Lipinski definition) is 4. The maximum absolute atomic E-state index is 12.5. The number of aryl methyl sites for hydroxylation is 1. The Kier molecular flexibility index (Phi) is 4.33. The maximum atomic E-state index is 12.5. The molecule has 0 bridgehead atoms. The van der Waals surface area contributed by atoms with Gasteiger partial charge in [0, 0.05) is 16.6 Å². The van der Waals surface area contributed by atoms with E-state index in [2.05, 4.69) is 5.32 Å². The topological polar surface area (TPSA) is 68.5 Å². The normalized spacial score (nSPS) is 10.6. The molecule has 1 amide bonds. The van der Waals surface area contributed by atoms with Crippen molar-refractivity contribution in [1.82, 2.24) is 0 Å². The van der Waals surface area contributed by atoms with Crippen LogP contribution < -0.4 is 15.7 Å². The molecular formula is C19H17NO4. The highest BCUT2D eigenvalue weighted by Gasteiger charge is 2.12. The van der Waals surface area contributed by atoms with Crippen LogP contribution in [0.2, 0.25) is 0 Å². The summed E-state index contributed by atoms with van der Waals surface area (Å²) in [5, 5.41) is 3.60. The van der Waals surface area contributed by atoms with Gasteiger partial charge in [-0.15, -0.1) is 0 Å². The smallest absolute Gasteiger partial charge is 0.339 e. The highest BCUT2D eigenvalue weighted by molar-refractivity contribution is 6.06. The molecule has 1 N–H and O–H groups in total. The molecule has 5 heteroatoms. The van der Waals surface area contributed by atoms with E-state index in [0.29, 0.717) is 34.8 Å². The summed E-state index contributed by atoms with van der Waals surface area (Å²) in [6.07, 6.45) is 0. The molecule has 122 valence electrons. The van der Waals surface area contributed by atoms with Crippen LogP contribution in [0.1, 0.15) is 22.8 Å². The fourth-order valence-electron chi connectivity index (χ4n) is 2.44. The van der Waals surface area contributed by atoms with E-state index in [1.807, 2.05) is 13.0 Å². The highest BCUT2D eigenvalue weighted by atomic mass is 16.5. The Morgan fingerprint density at radius 3 is 2.75 bits per heavy atom. The van der Waals surface area contributed by atoms with Gasteiger partial charge in [0.1, 0.15) is 11.3 Å². The van der Waals surface area contributed by atoms with Crippen LogP contribution in [0.3, 0.4) is 0 Å². The number of hydrogen-bond donors (Lipinski definition) is 1. The average molecular weight is 323 g/mol. The van der Waals surface area contributed by atoms with E-state index in [1.165, 1.54) is 0 Å². The molecule has 0 fully saturated rings. The summed E-state index contributed by atoms with van der Waals surface area (Å²) in [5.74, 6) is 0.285. The summed E-state index contributed by atoms with van der Waals surface area (Å²) in [7, 11) is 0. The van der Waals surface area contributed by atoms with Gasteiger partial charge in [0.05, 0.1) is 12.2 Å². The molecule has 0 saturated heterocycles. The van der Waals surface area contributed by atoms with Gasteiger partial charge in [-0.1, -0.05) is 12.1 Å². The first-order valence-electron chi connectivity index (χ1n) is 7.66. The van der Waals surface area contributed by atoms with Crippen LogP contribution in [0, 0.1) is 6.92 Å². The van der Waals surface area contributed by atoms with Crippen molar-refractivity contribution in [1.29, 1.82) is 0 Å². The van der Waals surface area contributed by atoms with Crippen molar-refractivity contribution in [3.05, 3.63) is 70.1 Å². The van der Waals surface area contributed by atoms with Crippen molar-refractivity contribution in [2.75, 3.05) is 11.9 Å². The molecule has 0 aliphatic carbocycles. The molecular weight excluding hydrogens is 306 g/mol. The summed E-state index contributed by atoms with van der Waals surface area (Å²) in [6, 6.07) is 14.0. The van der Waals surface area contributed by atoms with Gasteiger partial charge < -0.3 is 14.5 Å². The first-order chi connectivity index (χ1) is 11.6. The number of para-hydroxylation sites is 1. The Morgan fingerprint density at radius 2 is 1.96 bits per heavy atom. The largest absolute Gasteiger partial charge is 0.493 e. The second kappa shape index (κ2) is 6.58. The Hall–Kier alpha value is -3.08. The number of ether oxygens (including phenoxy) is 1. The number of anilines is 1. The molecule has 0 aliphatic rings. The lowest BCUT2D eigenvalue weighted by molar-refractivity contribution is 0.102. The SMILES string of the molecule is CCOc1ccccc1C(=O)Nc1ccc2oc(=O)c(C)cc2c1. The summed E-state index contributed by atoms with van der Waals surface area (Å²) < 4.78 is 10.7. The van der Waals surface area contributed by atoms with Crippen LogP contribution in [0.15, 0.2) is 57.7 Å². The third kappa shape index (κ3) is 3.15. The van der Waals surface area contributed by atoms with Gasteiger partial charge in [-0.3, -0.25) is 4.79 Å². The van der Waals surface area contributed by atoms with Gasteiger partial charge in [0.25, 0.3) is 5.91 Å². The average Bonchev–Trinajstić information content (AvgIpc) is 2.57. The Balaban J connectivity index is 1.91. The monoisotopic (exact) mass is 323 g/mol. The molecule has 0 unspecified atom stereocenters. The number of benzene rings is 2. The first kappa shape index (κ1) is 15.8. The number of nitrogens with one attached hydrogen (secondary N) is 1. The number of fused-ring (bicyclic) bond motifs is 1. The lowest BCUT2D eigenvalue weighted by Gasteiger charge is -2.11. The number of rotatable bonds is 4. The number of carbonyl (C=O) groups is 1. The molecule has 2 aromatic carbocycles.